The number of halogens is 2. The van der Waals surface area contributed by atoms with Crippen LogP contribution in [0.25, 0.3) is 0 Å². The molecule has 2 aromatic rings. The maximum atomic E-state index is 13.6. The van der Waals surface area contributed by atoms with Crippen molar-refractivity contribution in [2.45, 2.75) is 24.0 Å². The number of benzene rings is 1. The number of thioether (sulfide) groups is 1. The minimum absolute atomic E-state index is 0.201. The van der Waals surface area contributed by atoms with Gasteiger partial charge in [-0.05, 0) is 41.1 Å². The Hall–Kier alpha value is -0.890. The Morgan fingerprint density at radius 2 is 2.05 bits per heavy atom. The molecule has 6 heteroatoms. The minimum Gasteiger partial charge on any atom is -0.372 e. The Bertz CT molecular complexity index is 582. The first kappa shape index (κ1) is 15.5. The molecule has 0 fully saturated rings. The van der Waals surface area contributed by atoms with Crippen molar-refractivity contribution >= 4 is 40.2 Å². The van der Waals surface area contributed by atoms with Crippen LogP contribution in [0.4, 0.5) is 10.2 Å². The topological polar surface area (TPSA) is 37.8 Å². The lowest BCUT2D eigenvalue weighted by Crippen LogP contribution is -2.06. The highest BCUT2D eigenvalue weighted by Crippen LogP contribution is 2.26. The molecule has 0 unspecified atom stereocenters. The van der Waals surface area contributed by atoms with Gasteiger partial charge in [-0.3, -0.25) is 0 Å². The van der Waals surface area contributed by atoms with E-state index in [1.807, 2.05) is 13.1 Å². The van der Waals surface area contributed by atoms with Crippen molar-refractivity contribution in [1.29, 1.82) is 0 Å². The fraction of sp³-hybridized carbons (Fsp3) is 0.286. The van der Waals surface area contributed by atoms with Crippen LogP contribution in [-0.4, -0.2) is 17.0 Å². The molecule has 0 amide bonds. The molecule has 0 spiro atoms. The Kier molecular flexibility index (Phi) is 5.59. The standard InChI is InChI=1S/C14H15FIN3S/c1-3-10-13(16)14(17-2)19-12(18-10)8-20-11-7-5-4-6-9(11)15/h4-7H,3,8H2,1-2H3,(H,17,18,19). The summed E-state index contributed by atoms with van der Waals surface area (Å²) in [5, 5.41) is 3.08. The van der Waals surface area contributed by atoms with Crippen molar-refractivity contribution in [2.24, 2.45) is 0 Å². The van der Waals surface area contributed by atoms with E-state index < -0.39 is 0 Å². The van der Waals surface area contributed by atoms with E-state index in [1.165, 1.54) is 17.8 Å². The molecule has 0 aliphatic heterocycles. The fourth-order valence-corrected chi connectivity index (χ4v) is 3.40. The van der Waals surface area contributed by atoms with Crippen molar-refractivity contribution in [3.63, 3.8) is 0 Å². The highest BCUT2D eigenvalue weighted by Gasteiger charge is 2.11. The van der Waals surface area contributed by atoms with Crippen molar-refractivity contribution in [1.82, 2.24) is 9.97 Å². The molecule has 0 radical (unpaired) electrons. The number of aromatic nitrogens is 2. The monoisotopic (exact) mass is 403 g/mol. The molecule has 1 aromatic heterocycles. The van der Waals surface area contributed by atoms with E-state index in [2.05, 4.69) is 44.8 Å². The van der Waals surface area contributed by atoms with Crippen LogP contribution in [0, 0.1) is 9.39 Å². The predicted molar refractivity (Wildman–Crippen MR) is 89.6 cm³/mol. The maximum absolute atomic E-state index is 13.6. The second kappa shape index (κ2) is 7.21. The van der Waals surface area contributed by atoms with Gasteiger partial charge in [0.15, 0.2) is 0 Å². The average Bonchev–Trinajstić information content (AvgIpc) is 2.47. The lowest BCUT2D eigenvalue weighted by molar-refractivity contribution is 0.602. The zero-order valence-electron chi connectivity index (χ0n) is 11.3. The number of nitrogens with one attached hydrogen (secondary N) is 1. The molecule has 0 aliphatic rings. The third kappa shape index (κ3) is 3.60. The molecule has 0 saturated carbocycles. The zero-order valence-corrected chi connectivity index (χ0v) is 14.3. The molecule has 0 aliphatic carbocycles. The summed E-state index contributed by atoms with van der Waals surface area (Å²) in [7, 11) is 1.84. The smallest absolute Gasteiger partial charge is 0.143 e. The third-order valence-corrected chi connectivity index (χ3v) is 4.91. The van der Waals surface area contributed by atoms with Crippen LogP contribution >= 0.6 is 34.4 Å². The minimum atomic E-state index is -0.201. The summed E-state index contributed by atoms with van der Waals surface area (Å²) in [4.78, 5) is 9.64. The molecule has 0 bridgehead atoms. The lowest BCUT2D eigenvalue weighted by Gasteiger charge is -2.10. The first-order valence-corrected chi connectivity index (χ1v) is 8.32. The highest BCUT2D eigenvalue weighted by atomic mass is 127. The van der Waals surface area contributed by atoms with Crippen molar-refractivity contribution in [3.05, 3.63) is 45.2 Å². The van der Waals surface area contributed by atoms with Gasteiger partial charge in [0.1, 0.15) is 17.5 Å². The van der Waals surface area contributed by atoms with E-state index >= 15 is 0 Å². The molecule has 0 saturated heterocycles. The first-order valence-electron chi connectivity index (χ1n) is 6.26. The second-order valence-electron chi connectivity index (χ2n) is 4.07. The van der Waals surface area contributed by atoms with Crippen LogP contribution in [0.3, 0.4) is 0 Å². The lowest BCUT2D eigenvalue weighted by atomic mass is 10.3. The summed E-state index contributed by atoms with van der Waals surface area (Å²) in [6, 6.07) is 6.76. The van der Waals surface area contributed by atoms with Crippen molar-refractivity contribution < 1.29 is 4.39 Å². The van der Waals surface area contributed by atoms with Crippen molar-refractivity contribution in [3.8, 4) is 0 Å². The summed E-state index contributed by atoms with van der Waals surface area (Å²) >= 11 is 3.66. The van der Waals surface area contributed by atoms with Crippen LogP contribution in [0.15, 0.2) is 29.2 Å². The average molecular weight is 403 g/mol. The van der Waals surface area contributed by atoms with Gasteiger partial charge in [-0.2, -0.15) is 0 Å². The van der Waals surface area contributed by atoms with Gasteiger partial charge < -0.3 is 5.32 Å². The Labute approximate surface area is 135 Å². The van der Waals surface area contributed by atoms with Gasteiger partial charge >= 0.3 is 0 Å². The van der Waals surface area contributed by atoms with Gasteiger partial charge in [-0.25, -0.2) is 14.4 Å². The molecule has 3 nitrogen and oxygen atoms in total. The van der Waals surface area contributed by atoms with Gasteiger partial charge in [0, 0.05) is 11.9 Å². The van der Waals surface area contributed by atoms with Gasteiger partial charge in [0.25, 0.3) is 0 Å². The molecule has 106 valence electrons. The van der Waals surface area contributed by atoms with Crippen molar-refractivity contribution in [2.75, 3.05) is 12.4 Å². The summed E-state index contributed by atoms with van der Waals surface area (Å²) in [5.41, 5.74) is 1.02. The SMILES string of the molecule is CCc1nc(CSc2ccccc2F)nc(NC)c1I. The number of hydrogen-bond acceptors (Lipinski definition) is 4. The summed E-state index contributed by atoms with van der Waals surface area (Å²) in [5.74, 6) is 1.91. The molecule has 1 N–H and O–H groups in total. The molecule has 2 rings (SSSR count). The van der Waals surface area contributed by atoms with Gasteiger partial charge in [-0.1, -0.05) is 19.1 Å². The summed E-state index contributed by atoms with van der Waals surface area (Å²) in [6.07, 6.45) is 0.854. The van der Waals surface area contributed by atoms with Crippen LogP contribution < -0.4 is 5.32 Å². The molecule has 20 heavy (non-hydrogen) atoms. The van der Waals surface area contributed by atoms with E-state index in [1.54, 1.807) is 12.1 Å². The fourth-order valence-electron chi connectivity index (χ4n) is 1.71. The van der Waals surface area contributed by atoms with Gasteiger partial charge in [-0.15, -0.1) is 11.8 Å². The van der Waals surface area contributed by atoms with Crippen LogP contribution in [0.1, 0.15) is 18.4 Å². The summed E-state index contributed by atoms with van der Waals surface area (Å²) < 4.78 is 14.6. The second-order valence-corrected chi connectivity index (χ2v) is 6.17. The first-order chi connectivity index (χ1) is 9.65. The number of aryl methyl sites for hydroxylation is 1. The predicted octanol–water partition coefficient (Wildman–Crippen LogP) is 4.12. The summed E-state index contributed by atoms with van der Waals surface area (Å²) in [6.45, 7) is 2.07. The molecule has 0 atom stereocenters. The molecular weight excluding hydrogens is 388 g/mol. The normalized spacial score (nSPS) is 10.6. The number of nitrogens with zero attached hydrogens (tertiary/aromatic N) is 2. The van der Waals surface area contributed by atoms with Crippen LogP contribution in [-0.2, 0) is 12.2 Å². The highest BCUT2D eigenvalue weighted by molar-refractivity contribution is 14.1. The zero-order chi connectivity index (χ0) is 14.5. The van der Waals surface area contributed by atoms with E-state index in [0.29, 0.717) is 10.6 Å². The number of rotatable bonds is 5. The Morgan fingerprint density at radius 1 is 1.30 bits per heavy atom. The van der Waals surface area contributed by atoms with E-state index in [0.717, 1.165) is 27.3 Å². The largest absolute Gasteiger partial charge is 0.372 e. The molecular formula is C14H15FIN3S. The van der Waals surface area contributed by atoms with Crippen LogP contribution in [0.5, 0.6) is 0 Å². The number of anilines is 1. The maximum Gasteiger partial charge on any atom is 0.143 e. The Balaban J connectivity index is 2.19. The van der Waals surface area contributed by atoms with E-state index in [9.17, 15) is 4.39 Å². The van der Waals surface area contributed by atoms with Gasteiger partial charge in [0.05, 0.1) is 15.0 Å². The van der Waals surface area contributed by atoms with E-state index in [4.69, 9.17) is 0 Å². The molecule has 1 aromatic carbocycles. The quantitative estimate of drug-likeness (QED) is 0.602. The number of hydrogen-bond donors (Lipinski definition) is 1. The van der Waals surface area contributed by atoms with Crippen LogP contribution in [0.2, 0.25) is 0 Å². The van der Waals surface area contributed by atoms with E-state index in [-0.39, 0.29) is 5.82 Å². The Morgan fingerprint density at radius 3 is 2.70 bits per heavy atom. The third-order valence-electron chi connectivity index (χ3n) is 2.73. The molecule has 1 heterocycles. The van der Waals surface area contributed by atoms with Gasteiger partial charge in [0.2, 0.25) is 0 Å².